The van der Waals surface area contributed by atoms with Crippen LogP contribution in [0.3, 0.4) is 0 Å². The number of anilines is 3. The van der Waals surface area contributed by atoms with E-state index in [1.54, 1.807) is 30.2 Å². The van der Waals surface area contributed by atoms with Gasteiger partial charge in [-0.1, -0.05) is 0 Å². The smallest absolute Gasteiger partial charge is 0.462 e. The van der Waals surface area contributed by atoms with Crippen LogP contribution in [0.5, 0.6) is 5.75 Å². The highest BCUT2D eigenvalue weighted by atomic mass is 32.2. The lowest BCUT2D eigenvalue weighted by molar-refractivity contribution is -0.274. The summed E-state index contributed by atoms with van der Waals surface area (Å²) < 4.78 is 56.4. The van der Waals surface area contributed by atoms with Gasteiger partial charge in [0.25, 0.3) is 0 Å². The van der Waals surface area contributed by atoms with Crippen molar-refractivity contribution in [1.82, 2.24) is 14.9 Å². The van der Waals surface area contributed by atoms with Crippen molar-refractivity contribution in [3.63, 3.8) is 0 Å². The van der Waals surface area contributed by atoms with E-state index in [0.29, 0.717) is 42.2 Å². The number of halogens is 3. The number of esters is 1. The maximum absolute atomic E-state index is 13.4. The lowest BCUT2D eigenvalue weighted by Gasteiger charge is -2.56. The highest BCUT2D eigenvalue weighted by molar-refractivity contribution is 8.00. The summed E-state index contributed by atoms with van der Waals surface area (Å²) in [4.78, 5) is 38.9. The molecular weight excluding hydrogens is 643 g/mol. The number of nitrogens with one attached hydrogen (secondary N) is 1. The van der Waals surface area contributed by atoms with Crippen LogP contribution in [0.4, 0.5) is 35.3 Å². The second-order valence-corrected chi connectivity index (χ2v) is 14.3. The maximum atomic E-state index is 13.4. The predicted molar refractivity (Wildman–Crippen MR) is 169 cm³/mol. The second kappa shape index (κ2) is 12.1. The van der Waals surface area contributed by atoms with Gasteiger partial charge in [-0.25, -0.2) is 19.6 Å². The largest absolute Gasteiger partial charge is 0.573 e. The van der Waals surface area contributed by atoms with Crippen molar-refractivity contribution >= 4 is 52.5 Å². The van der Waals surface area contributed by atoms with Crippen molar-refractivity contribution in [2.24, 2.45) is 0 Å². The number of amides is 1. The van der Waals surface area contributed by atoms with Gasteiger partial charge in [0.15, 0.2) is 5.75 Å². The SMILES string of the molecule is CCOC(=O)c1sc(SC)c2c1CCc1cnc(Nc3cc(N4CC5CC(C4)N5C(=O)OC(C)(C)C)ccc3OC(F)(F)F)nc1-2. The number of carbonyl (C=O) groups excluding carboxylic acids is 2. The number of hydrogen-bond donors (Lipinski definition) is 1. The first kappa shape index (κ1) is 32.2. The number of thioether (sulfide) groups is 1. The van der Waals surface area contributed by atoms with Crippen molar-refractivity contribution in [2.45, 2.75) is 75.2 Å². The molecular formula is C31H34F3N5O5S2. The first-order valence-corrected chi connectivity index (χ1v) is 16.9. The number of fused-ring (bicyclic) bond motifs is 5. The van der Waals surface area contributed by atoms with Gasteiger partial charge >= 0.3 is 18.4 Å². The molecule has 10 nitrogen and oxygen atoms in total. The van der Waals surface area contributed by atoms with Crippen LogP contribution in [0.1, 0.15) is 54.9 Å². The van der Waals surface area contributed by atoms with E-state index in [2.05, 4.69) is 15.0 Å². The third kappa shape index (κ3) is 6.43. The van der Waals surface area contributed by atoms with E-state index in [0.717, 1.165) is 27.3 Å². The Morgan fingerprint density at radius 2 is 1.89 bits per heavy atom. The molecule has 3 fully saturated rings. The average molecular weight is 678 g/mol. The van der Waals surface area contributed by atoms with Crippen molar-refractivity contribution in [3.05, 3.63) is 40.4 Å². The molecule has 1 aromatic carbocycles. The van der Waals surface area contributed by atoms with E-state index < -0.39 is 17.7 Å². The van der Waals surface area contributed by atoms with Gasteiger partial charge < -0.3 is 24.4 Å². The van der Waals surface area contributed by atoms with E-state index in [4.69, 9.17) is 14.5 Å². The number of piperazine rings is 1. The Kier molecular flexibility index (Phi) is 8.51. The van der Waals surface area contributed by atoms with E-state index in [-0.39, 0.29) is 42.4 Å². The first-order valence-electron chi connectivity index (χ1n) is 14.9. The number of ether oxygens (including phenoxy) is 3. The molecule has 2 unspecified atom stereocenters. The number of benzene rings is 1. The van der Waals surface area contributed by atoms with Gasteiger partial charge in [0.2, 0.25) is 5.95 Å². The summed E-state index contributed by atoms with van der Waals surface area (Å²) in [5.41, 5.74) is 3.28. The molecule has 2 aromatic heterocycles. The Morgan fingerprint density at radius 1 is 1.15 bits per heavy atom. The highest BCUT2D eigenvalue weighted by Gasteiger charge is 2.49. The second-order valence-electron chi connectivity index (χ2n) is 12.3. The monoisotopic (exact) mass is 677 g/mol. The first-order chi connectivity index (χ1) is 21.7. The van der Waals surface area contributed by atoms with Crippen LogP contribution in [0, 0.1) is 0 Å². The highest BCUT2D eigenvalue weighted by Crippen LogP contribution is 2.46. The molecule has 2 atom stereocenters. The van der Waals surface area contributed by atoms with Crippen LogP contribution in [-0.4, -0.2) is 76.9 Å². The maximum Gasteiger partial charge on any atom is 0.573 e. The fraction of sp³-hybridized carbons (Fsp3) is 0.484. The zero-order valence-corrected chi connectivity index (χ0v) is 27.6. The third-order valence-electron chi connectivity index (χ3n) is 7.96. The number of hydrogen-bond acceptors (Lipinski definition) is 11. The molecule has 3 aromatic rings. The minimum Gasteiger partial charge on any atom is -0.462 e. The predicted octanol–water partition coefficient (Wildman–Crippen LogP) is 7.04. The number of piperidine rings is 1. The summed E-state index contributed by atoms with van der Waals surface area (Å²) in [6.45, 7) is 8.48. The molecule has 46 heavy (non-hydrogen) atoms. The molecule has 5 heterocycles. The summed E-state index contributed by atoms with van der Waals surface area (Å²) >= 11 is 2.85. The van der Waals surface area contributed by atoms with Crippen molar-refractivity contribution in [2.75, 3.05) is 36.2 Å². The summed E-state index contributed by atoms with van der Waals surface area (Å²) in [7, 11) is 0. The van der Waals surface area contributed by atoms with Crippen LogP contribution in [0.15, 0.2) is 28.6 Å². The van der Waals surface area contributed by atoms with Gasteiger partial charge in [0.1, 0.15) is 10.5 Å². The zero-order chi connectivity index (χ0) is 33.0. The number of aromatic nitrogens is 2. The van der Waals surface area contributed by atoms with Crippen LogP contribution in [0.25, 0.3) is 11.3 Å². The molecule has 0 saturated carbocycles. The van der Waals surface area contributed by atoms with Gasteiger partial charge in [0.05, 0.1) is 34.3 Å². The van der Waals surface area contributed by atoms with Crippen LogP contribution < -0.4 is 15.0 Å². The molecule has 1 N–H and O–H groups in total. The van der Waals surface area contributed by atoms with Crippen molar-refractivity contribution in [1.29, 1.82) is 0 Å². The van der Waals surface area contributed by atoms with Crippen LogP contribution >= 0.6 is 23.1 Å². The Labute approximate surface area is 272 Å². The minimum atomic E-state index is -4.92. The summed E-state index contributed by atoms with van der Waals surface area (Å²) in [5.74, 6) is -0.722. The van der Waals surface area contributed by atoms with Crippen LogP contribution in [0.2, 0.25) is 0 Å². The third-order valence-corrected chi connectivity index (χ3v) is 10.3. The number of thiophene rings is 1. The Morgan fingerprint density at radius 3 is 2.54 bits per heavy atom. The molecule has 15 heteroatoms. The van der Waals surface area contributed by atoms with Crippen LogP contribution in [-0.2, 0) is 22.3 Å². The lowest BCUT2D eigenvalue weighted by atomic mass is 9.87. The summed E-state index contributed by atoms with van der Waals surface area (Å²) in [5, 5.41) is 2.96. The zero-order valence-electron chi connectivity index (χ0n) is 26.0. The molecule has 7 rings (SSSR count). The summed E-state index contributed by atoms with van der Waals surface area (Å²) in [6, 6.07) is 4.29. The number of rotatable bonds is 7. The van der Waals surface area contributed by atoms with E-state index in [1.165, 1.54) is 29.2 Å². The topological polar surface area (TPSA) is 106 Å². The van der Waals surface area contributed by atoms with E-state index in [1.807, 2.05) is 31.9 Å². The van der Waals surface area contributed by atoms with E-state index >= 15 is 0 Å². The fourth-order valence-electron chi connectivity index (χ4n) is 6.13. The molecule has 1 aliphatic carbocycles. The fourth-order valence-corrected chi connectivity index (χ4v) is 8.12. The standard InChI is InChI=1S/C31H34F3N5O5S2/c1-6-42-26(40)25-20-9-7-16-13-35-28(37-24(16)23(20)27(45-5)46-25)36-21-12-17(8-10-22(21)43-31(32,33)34)38-14-18-11-19(15-38)39(18)29(41)44-30(2,3)4/h8,10,12-13,18-19H,6-7,9,11,14-15H2,1-5H3,(H,35,36,37). The molecule has 2 bridgehead atoms. The van der Waals surface area contributed by atoms with E-state index in [9.17, 15) is 22.8 Å². The van der Waals surface area contributed by atoms with Gasteiger partial charge in [-0.15, -0.1) is 36.3 Å². The Hall–Kier alpha value is -3.72. The number of nitrogens with zero attached hydrogens (tertiary/aromatic N) is 4. The molecule has 1 amide bonds. The molecule has 3 aliphatic heterocycles. The number of aryl methyl sites for hydroxylation is 1. The number of carbonyl (C=O) groups is 2. The molecule has 0 radical (unpaired) electrons. The Bertz CT molecular complexity index is 1660. The van der Waals surface area contributed by atoms with Gasteiger partial charge in [-0.3, -0.25) is 4.90 Å². The van der Waals surface area contributed by atoms with Crippen molar-refractivity contribution < 1.29 is 37.0 Å². The van der Waals surface area contributed by atoms with Gasteiger partial charge in [0, 0.05) is 30.5 Å². The normalized spacial score (nSPS) is 18.7. The van der Waals surface area contributed by atoms with Crippen molar-refractivity contribution in [3.8, 4) is 17.0 Å². The molecule has 4 aliphatic rings. The lowest BCUT2D eigenvalue weighted by Crippen LogP contribution is -2.70. The molecule has 246 valence electrons. The molecule has 0 spiro atoms. The molecule has 3 saturated heterocycles. The number of alkyl halides is 3. The van der Waals surface area contributed by atoms with Gasteiger partial charge in [-0.2, -0.15) is 0 Å². The quantitative estimate of drug-likeness (QED) is 0.207. The average Bonchev–Trinajstić information content (AvgIpc) is 3.36. The van der Waals surface area contributed by atoms with Gasteiger partial charge in [-0.05, 0) is 82.5 Å². The summed E-state index contributed by atoms with van der Waals surface area (Å²) in [6.07, 6.45) is 0.364. The minimum absolute atomic E-state index is 0.0386. The Balaban J connectivity index is 1.29.